The molecular weight excluding hydrogens is 298 g/mol. The van der Waals surface area contributed by atoms with Gasteiger partial charge in [-0.1, -0.05) is 0 Å². The van der Waals surface area contributed by atoms with Gasteiger partial charge in [0.15, 0.2) is 0 Å². The predicted octanol–water partition coefficient (Wildman–Crippen LogP) is 0.418. The van der Waals surface area contributed by atoms with Crippen molar-refractivity contribution in [3.63, 3.8) is 0 Å². The van der Waals surface area contributed by atoms with E-state index < -0.39 is 14.9 Å². The molecule has 0 aromatic heterocycles. The molecule has 1 rings (SSSR count). The monoisotopic (exact) mass is 317 g/mol. The zero-order valence-electron chi connectivity index (χ0n) is 12.0. The fraction of sp³-hybridized carbons (Fsp3) is 0.500. The lowest BCUT2D eigenvalue weighted by Crippen LogP contribution is -2.33. The topological polar surface area (TPSA) is 111 Å². The van der Waals surface area contributed by atoms with Crippen LogP contribution in [0.3, 0.4) is 0 Å². The van der Waals surface area contributed by atoms with E-state index in [2.05, 4.69) is 10.0 Å². The van der Waals surface area contributed by atoms with Gasteiger partial charge in [-0.05, 0) is 19.1 Å². The van der Waals surface area contributed by atoms with Crippen molar-refractivity contribution in [1.29, 1.82) is 0 Å². The Balaban J connectivity index is 2.62. The first kappa shape index (κ1) is 17.5. The van der Waals surface area contributed by atoms with Crippen LogP contribution in [0.4, 0.5) is 5.69 Å². The van der Waals surface area contributed by atoms with Crippen molar-refractivity contribution in [2.45, 2.75) is 11.8 Å². The highest BCUT2D eigenvalue weighted by Crippen LogP contribution is 2.21. The zero-order valence-corrected chi connectivity index (χ0v) is 12.8. The molecular formula is C12H19N3O5S. The van der Waals surface area contributed by atoms with Crippen LogP contribution in [0.2, 0.25) is 0 Å². The molecule has 8 nitrogen and oxygen atoms in total. The summed E-state index contributed by atoms with van der Waals surface area (Å²) in [5, 5.41) is 13.7. The van der Waals surface area contributed by atoms with Crippen LogP contribution in [-0.2, 0) is 14.8 Å². The zero-order chi connectivity index (χ0) is 15.9. The number of sulfonamides is 1. The number of benzene rings is 1. The molecule has 0 atom stereocenters. The third kappa shape index (κ3) is 5.38. The average molecular weight is 317 g/mol. The van der Waals surface area contributed by atoms with Gasteiger partial charge in [0.1, 0.15) is 0 Å². The van der Waals surface area contributed by atoms with E-state index >= 15 is 0 Å². The lowest BCUT2D eigenvalue weighted by Gasteiger charge is -2.08. The number of nitro benzene ring substituents is 1. The summed E-state index contributed by atoms with van der Waals surface area (Å²) < 4.78 is 31.3. The summed E-state index contributed by atoms with van der Waals surface area (Å²) >= 11 is 0. The smallest absolute Gasteiger partial charge is 0.272 e. The summed E-state index contributed by atoms with van der Waals surface area (Å²) in [5.74, 6) is 0. The van der Waals surface area contributed by atoms with E-state index in [9.17, 15) is 18.5 Å². The molecule has 1 aromatic rings. The van der Waals surface area contributed by atoms with Gasteiger partial charge in [-0.2, -0.15) is 0 Å². The van der Waals surface area contributed by atoms with Crippen LogP contribution in [-0.4, -0.2) is 46.7 Å². The number of hydrogen-bond acceptors (Lipinski definition) is 6. The minimum absolute atomic E-state index is 0.0162. The Morgan fingerprint density at radius 3 is 2.57 bits per heavy atom. The minimum atomic E-state index is -3.66. The number of nitrogens with zero attached hydrogens (tertiary/aromatic N) is 1. The number of hydrogen-bond donors (Lipinski definition) is 2. The van der Waals surface area contributed by atoms with Crippen molar-refractivity contribution < 1.29 is 18.1 Å². The number of nitrogens with one attached hydrogen (secondary N) is 2. The quantitative estimate of drug-likeness (QED) is 0.388. The Labute approximate surface area is 123 Å². The first-order valence-corrected chi connectivity index (χ1v) is 7.81. The summed E-state index contributed by atoms with van der Waals surface area (Å²) in [4.78, 5) is 10.2. The van der Waals surface area contributed by atoms with Gasteiger partial charge in [-0.15, -0.1) is 0 Å². The first-order chi connectivity index (χ1) is 9.88. The van der Waals surface area contributed by atoms with Gasteiger partial charge in [0, 0.05) is 38.4 Å². The van der Waals surface area contributed by atoms with Crippen molar-refractivity contribution in [2.75, 3.05) is 33.4 Å². The number of methoxy groups -OCH3 is 1. The molecule has 0 saturated heterocycles. The highest BCUT2D eigenvalue weighted by Gasteiger charge is 2.17. The predicted molar refractivity (Wildman–Crippen MR) is 77.8 cm³/mol. The molecule has 0 aliphatic rings. The Hall–Kier alpha value is -1.55. The molecule has 0 heterocycles. The van der Waals surface area contributed by atoms with Crippen LogP contribution in [0, 0.1) is 17.0 Å². The molecule has 0 aliphatic heterocycles. The normalized spacial score (nSPS) is 11.5. The molecule has 1 aromatic carbocycles. The summed E-state index contributed by atoms with van der Waals surface area (Å²) in [6.07, 6.45) is 0. The SMILES string of the molecule is COCCNCCNS(=O)(=O)c1ccc([N+](=O)[O-])c(C)c1. The van der Waals surface area contributed by atoms with Crippen LogP contribution in [0.5, 0.6) is 0 Å². The summed E-state index contributed by atoms with van der Waals surface area (Å²) in [5.41, 5.74) is 0.205. The average Bonchev–Trinajstić information content (AvgIpc) is 2.42. The molecule has 0 aliphatic carbocycles. The van der Waals surface area contributed by atoms with Gasteiger partial charge >= 0.3 is 0 Å². The van der Waals surface area contributed by atoms with E-state index in [-0.39, 0.29) is 17.1 Å². The first-order valence-electron chi connectivity index (χ1n) is 6.33. The molecule has 0 fully saturated rings. The summed E-state index contributed by atoms with van der Waals surface area (Å²) in [6.45, 7) is 3.38. The van der Waals surface area contributed by atoms with Crippen molar-refractivity contribution in [1.82, 2.24) is 10.0 Å². The van der Waals surface area contributed by atoms with E-state index in [4.69, 9.17) is 4.74 Å². The van der Waals surface area contributed by atoms with Gasteiger partial charge in [-0.25, -0.2) is 13.1 Å². The Morgan fingerprint density at radius 2 is 2.00 bits per heavy atom. The van der Waals surface area contributed by atoms with Crippen LogP contribution in [0.15, 0.2) is 23.1 Å². The van der Waals surface area contributed by atoms with Crippen molar-refractivity contribution in [3.8, 4) is 0 Å². The minimum Gasteiger partial charge on any atom is -0.383 e. The molecule has 0 unspecified atom stereocenters. The lowest BCUT2D eigenvalue weighted by molar-refractivity contribution is -0.385. The van der Waals surface area contributed by atoms with Gasteiger partial charge in [-0.3, -0.25) is 10.1 Å². The summed E-state index contributed by atoms with van der Waals surface area (Å²) in [6, 6.07) is 3.71. The van der Waals surface area contributed by atoms with Crippen LogP contribution >= 0.6 is 0 Å². The maximum absolute atomic E-state index is 12.0. The second kappa shape index (κ2) is 8.03. The maximum Gasteiger partial charge on any atom is 0.272 e. The van der Waals surface area contributed by atoms with E-state index in [1.807, 2.05) is 0 Å². The van der Waals surface area contributed by atoms with E-state index in [0.717, 1.165) is 0 Å². The van der Waals surface area contributed by atoms with Gasteiger partial charge in [0.2, 0.25) is 10.0 Å². The molecule has 118 valence electrons. The second-order valence-corrected chi connectivity index (χ2v) is 6.11. The van der Waals surface area contributed by atoms with E-state index in [0.29, 0.717) is 25.3 Å². The standard InChI is InChI=1S/C12H19N3O5S/c1-10-9-11(3-4-12(10)15(16)17)21(18,19)14-6-5-13-7-8-20-2/h3-4,9,13-14H,5-8H2,1-2H3. The molecule has 0 saturated carbocycles. The van der Waals surface area contributed by atoms with Crippen molar-refractivity contribution in [2.24, 2.45) is 0 Å². The molecule has 21 heavy (non-hydrogen) atoms. The van der Waals surface area contributed by atoms with Gasteiger partial charge in [0.25, 0.3) is 5.69 Å². The Morgan fingerprint density at radius 1 is 1.29 bits per heavy atom. The maximum atomic E-state index is 12.0. The van der Waals surface area contributed by atoms with Crippen molar-refractivity contribution >= 4 is 15.7 Å². The molecule has 0 bridgehead atoms. The highest BCUT2D eigenvalue weighted by molar-refractivity contribution is 7.89. The van der Waals surface area contributed by atoms with Gasteiger partial charge < -0.3 is 10.1 Å². The number of nitro groups is 1. The largest absolute Gasteiger partial charge is 0.383 e. The third-order valence-corrected chi connectivity index (χ3v) is 4.21. The lowest BCUT2D eigenvalue weighted by atomic mass is 10.2. The Bertz CT molecular complexity index is 589. The van der Waals surface area contributed by atoms with Gasteiger partial charge in [0.05, 0.1) is 16.4 Å². The third-order valence-electron chi connectivity index (χ3n) is 2.75. The fourth-order valence-corrected chi connectivity index (χ4v) is 2.77. The molecule has 0 amide bonds. The number of aryl methyl sites for hydroxylation is 1. The van der Waals surface area contributed by atoms with Crippen LogP contribution in [0.1, 0.15) is 5.56 Å². The number of rotatable bonds is 9. The molecule has 2 N–H and O–H groups in total. The number of ether oxygens (including phenoxy) is 1. The highest BCUT2D eigenvalue weighted by atomic mass is 32.2. The van der Waals surface area contributed by atoms with E-state index in [1.165, 1.54) is 25.1 Å². The van der Waals surface area contributed by atoms with E-state index in [1.54, 1.807) is 7.11 Å². The molecule has 9 heteroatoms. The summed E-state index contributed by atoms with van der Waals surface area (Å²) in [7, 11) is -2.08. The Kier molecular flexibility index (Phi) is 6.69. The molecule has 0 radical (unpaired) electrons. The van der Waals surface area contributed by atoms with Crippen LogP contribution in [0.25, 0.3) is 0 Å². The second-order valence-electron chi connectivity index (χ2n) is 4.35. The fourth-order valence-electron chi connectivity index (χ4n) is 1.66. The molecule has 0 spiro atoms. The van der Waals surface area contributed by atoms with Crippen molar-refractivity contribution in [3.05, 3.63) is 33.9 Å². The van der Waals surface area contributed by atoms with Crippen LogP contribution < -0.4 is 10.0 Å².